The van der Waals surface area contributed by atoms with Gasteiger partial charge in [-0.05, 0) is 37.1 Å². The van der Waals surface area contributed by atoms with Crippen LogP contribution in [0.25, 0.3) is 11.2 Å². The molecule has 0 atom stereocenters. The van der Waals surface area contributed by atoms with E-state index in [4.69, 9.17) is 14.5 Å². The Labute approximate surface area is 176 Å². The number of aromatic nitrogens is 3. The highest BCUT2D eigenvalue weighted by Crippen LogP contribution is 2.33. The topological polar surface area (TPSA) is 86.6 Å². The average Bonchev–Trinajstić information content (AvgIpc) is 3.17. The summed E-state index contributed by atoms with van der Waals surface area (Å²) in [6.45, 7) is 2.96. The highest BCUT2D eigenvalue weighted by atomic mass is 32.2. The standard InChI is InChI=1S/C21H26N4O4S/c1-4-20-23-17-6-5-11-22-21(17)25(20)15-9-12-24(13-10-15)30(26,27)16-7-8-18(28-2)19(14-16)29-3/h5-8,11,14-15H,4,9-10,12-13H2,1-3H3. The van der Waals surface area contributed by atoms with E-state index < -0.39 is 10.0 Å². The Morgan fingerprint density at radius 2 is 1.83 bits per heavy atom. The molecule has 0 spiro atoms. The van der Waals surface area contributed by atoms with Gasteiger partial charge < -0.3 is 14.0 Å². The molecule has 160 valence electrons. The molecular weight excluding hydrogens is 404 g/mol. The number of imidazole rings is 1. The average molecular weight is 431 g/mol. The number of benzene rings is 1. The zero-order valence-electron chi connectivity index (χ0n) is 17.4. The van der Waals surface area contributed by atoms with Crippen molar-refractivity contribution in [2.75, 3.05) is 27.3 Å². The number of fused-ring (bicyclic) bond motifs is 1. The van der Waals surface area contributed by atoms with Crippen LogP contribution >= 0.6 is 0 Å². The zero-order chi connectivity index (χ0) is 21.3. The summed E-state index contributed by atoms with van der Waals surface area (Å²) < 4.78 is 40.6. The molecular formula is C21H26N4O4S. The molecule has 0 amide bonds. The fraction of sp³-hybridized carbons (Fsp3) is 0.429. The fourth-order valence-electron chi connectivity index (χ4n) is 4.08. The summed E-state index contributed by atoms with van der Waals surface area (Å²) in [6, 6.07) is 8.73. The van der Waals surface area contributed by atoms with Crippen LogP contribution in [0.2, 0.25) is 0 Å². The Morgan fingerprint density at radius 3 is 2.50 bits per heavy atom. The number of ether oxygens (including phenoxy) is 2. The second-order valence-corrected chi connectivity index (χ2v) is 9.19. The number of methoxy groups -OCH3 is 2. The maximum Gasteiger partial charge on any atom is 0.243 e. The third-order valence-electron chi connectivity index (χ3n) is 5.62. The summed E-state index contributed by atoms with van der Waals surface area (Å²) in [5.74, 6) is 1.89. The van der Waals surface area contributed by atoms with Gasteiger partial charge in [-0.25, -0.2) is 18.4 Å². The van der Waals surface area contributed by atoms with Crippen molar-refractivity contribution in [1.82, 2.24) is 18.8 Å². The van der Waals surface area contributed by atoms with E-state index in [2.05, 4.69) is 16.5 Å². The van der Waals surface area contributed by atoms with E-state index in [1.54, 1.807) is 22.6 Å². The highest BCUT2D eigenvalue weighted by molar-refractivity contribution is 7.89. The summed E-state index contributed by atoms with van der Waals surface area (Å²) >= 11 is 0. The minimum absolute atomic E-state index is 0.178. The number of rotatable bonds is 6. The van der Waals surface area contributed by atoms with Crippen molar-refractivity contribution in [2.24, 2.45) is 0 Å². The van der Waals surface area contributed by atoms with Gasteiger partial charge >= 0.3 is 0 Å². The van der Waals surface area contributed by atoms with Crippen molar-refractivity contribution in [3.8, 4) is 11.5 Å². The van der Waals surface area contributed by atoms with Crippen LogP contribution in [0, 0.1) is 0 Å². The Morgan fingerprint density at radius 1 is 1.10 bits per heavy atom. The molecule has 0 aliphatic carbocycles. The molecule has 2 aromatic heterocycles. The SMILES string of the molecule is CCc1nc2cccnc2n1C1CCN(S(=O)(=O)c2ccc(OC)c(OC)c2)CC1. The number of nitrogens with zero attached hydrogens (tertiary/aromatic N) is 4. The molecule has 8 nitrogen and oxygen atoms in total. The summed E-state index contributed by atoms with van der Waals surface area (Å²) in [6.07, 6.45) is 4.00. The largest absolute Gasteiger partial charge is 0.493 e. The first-order valence-corrected chi connectivity index (χ1v) is 11.5. The zero-order valence-corrected chi connectivity index (χ0v) is 18.2. The molecule has 0 bridgehead atoms. The van der Waals surface area contributed by atoms with E-state index in [1.807, 2.05) is 12.1 Å². The Balaban J connectivity index is 1.56. The smallest absolute Gasteiger partial charge is 0.243 e. The molecule has 3 aromatic rings. The van der Waals surface area contributed by atoms with Crippen molar-refractivity contribution in [1.29, 1.82) is 0 Å². The van der Waals surface area contributed by atoms with E-state index in [0.29, 0.717) is 37.4 Å². The van der Waals surface area contributed by atoms with Gasteiger partial charge in [0.25, 0.3) is 0 Å². The predicted octanol–water partition coefficient (Wildman–Crippen LogP) is 3.04. The lowest BCUT2D eigenvalue weighted by molar-refractivity contribution is 0.273. The van der Waals surface area contributed by atoms with E-state index in [1.165, 1.54) is 20.3 Å². The van der Waals surface area contributed by atoms with E-state index in [-0.39, 0.29) is 10.9 Å². The predicted molar refractivity (Wildman–Crippen MR) is 113 cm³/mol. The van der Waals surface area contributed by atoms with Crippen LogP contribution < -0.4 is 9.47 Å². The van der Waals surface area contributed by atoms with E-state index in [9.17, 15) is 8.42 Å². The lowest BCUT2D eigenvalue weighted by atomic mass is 10.1. The Kier molecular flexibility index (Phi) is 5.66. The van der Waals surface area contributed by atoms with Gasteiger partial charge in [-0.15, -0.1) is 0 Å². The van der Waals surface area contributed by atoms with Gasteiger partial charge in [0.2, 0.25) is 10.0 Å². The van der Waals surface area contributed by atoms with Crippen molar-refractivity contribution in [3.63, 3.8) is 0 Å². The van der Waals surface area contributed by atoms with E-state index >= 15 is 0 Å². The maximum absolute atomic E-state index is 13.2. The van der Waals surface area contributed by atoms with Gasteiger partial charge in [-0.2, -0.15) is 4.31 Å². The molecule has 1 aliphatic heterocycles. The summed E-state index contributed by atoms with van der Waals surface area (Å²) in [4.78, 5) is 9.43. The van der Waals surface area contributed by atoms with Crippen LogP contribution in [0.1, 0.15) is 31.6 Å². The van der Waals surface area contributed by atoms with Crippen LogP contribution in [0.4, 0.5) is 0 Å². The third kappa shape index (κ3) is 3.52. The quantitative estimate of drug-likeness (QED) is 0.597. The highest BCUT2D eigenvalue weighted by Gasteiger charge is 2.32. The molecule has 1 fully saturated rings. The fourth-order valence-corrected chi connectivity index (χ4v) is 5.56. The monoisotopic (exact) mass is 430 g/mol. The summed E-state index contributed by atoms with van der Waals surface area (Å²) in [7, 11) is -0.594. The van der Waals surface area contributed by atoms with Crippen molar-refractivity contribution >= 4 is 21.2 Å². The van der Waals surface area contributed by atoms with Gasteiger partial charge in [-0.3, -0.25) is 0 Å². The first-order chi connectivity index (χ1) is 14.5. The summed E-state index contributed by atoms with van der Waals surface area (Å²) in [5.41, 5.74) is 1.75. The molecule has 1 saturated heterocycles. The lowest BCUT2D eigenvalue weighted by Gasteiger charge is -2.32. The normalized spacial score (nSPS) is 16.1. The van der Waals surface area contributed by atoms with Crippen molar-refractivity contribution in [3.05, 3.63) is 42.4 Å². The van der Waals surface area contributed by atoms with Gasteiger partial charge in [0.05, 0.1) is 19.1 Å². The molecule has 0 radical (unpaired) electrons. The number of hydrogen-bond donors (Lipinski definition) is 0. The first-order valence-electron chi connectivity index (χ1n) is 10.0. The molecule has 0 saturated carbocycles. The number of sulfonamides is 1. The minimum Gasteiger partial charge on any atom is -0.493 e. The number of piperidine rings is 1. The van der Waals surface area contributed by atoms with Gasteiger partial charge in [-0.1, -0.05) is 6.92 Å². The molecule has 4 rings (SSSR count). The van der Waals surface area contributed by atoms with Crippen LogP contribution in [0.15, 0.2) is 41.4 Å². The van der Waals surface area contributed by atoms with E-state index in [0.717, 1.165) is 23.4 Å². The van der Waals surface area contributed by atoms with Crippen LogP contribution in [-0.4, -0.2) is 54.6 Å². The lowest BCUT2D eigenvalue weighted by Crippen LogP contribution is -2.39. The molecule has 9 heteroatoms. The van der Waals surface area contributed by atoms with Crippen molar-refractivity contribution < 1.29 is 17.9 Å². The first kappa shape index (κ1) is 20.6. The van der Waals surface area contributed by atoms with Gasteiger partial charge in [0, 0.05) is 37.8 Å². The summed E-state index contributed by atoms with van der Waals surface area (Å²) in [5, 5.41) is 0. The molecule has 1 aliphatic rings. The number of pyridine rings is 1. The van der Waals surface area contributed by atoms with Crippen LogP contribution in [-0.2, 0) is 16.4 Å². The van der Waals surface area contributed by atoms with Crippen molar-refractivity contribution in [2.45, 2.75) is 37.1 Å². The molecule has 30 heavy (non-hydrogen) atoms. The third-order valence-corrected chi connectivity index (χ3v) is 7.51. The number of hydrogen-bond acceptors (Lipinski definition) is 6. The van der Waals surface area contributed by atoms with Gasteiger partial charge in [0.15, 0.2) is 17.1 Å². The van der Waals surface area contributed by atoms with Crippen LogP contribution in [0.3, 0.4) is 0 Å². The van der Waals surface area contributed by atoms with Crippen LogP contribution in [0.5, 0.6) is 11.5 Å². The minimum atomic E-state index is -3.61. The number of aryl methyl sites for hydroxylation is 1. The molecule has 0 N–H and O–H groups in total. The molecule has 1 aromatic carbocycles. The van der Waals surface area contributed by atoms with Gasteiger partial charge in [0.1, 0.15) is 11.3 Å². The Hall–Kier alpha value is -2.65. The maximum atomic E-state index is 13.2. The molecule has 3 heterocycles. The Bertz CT molecular complexity index is 1150. The second kappa shape index (κ2) is 8.23. The molecule has 0 unspecified atom stereocenters. The second-order valence-electron chi connectivity index (χ2n) is 7.25.